The summed E-state index contributed by atoms with van der Waals surface area (Å²) in [6.07, 6.45) is 8.69. The number of hydrogen-bond donors (Lipinski definition) is 3. The van der Waals surface area contributed by atoms with Gasteiger partial charge in [0.1, 0.15) is 6.04 Å². The number of anilines is 1. The lowest BCUT2D eigenvalue weighted by molar-refractivity contribution is -0.138. The van der Waals surface area contributed by atoms with Crippen LogP contribution in [0.2, 0.25) is 0 Å². The SMILES string of the molecule is O=C1CCC(c2cccc(NC(=O)NC3CCCN(C4CCCCC4)C3=O)c2)N1. The zero-order chi connectivity index (χ0) is 20.2. The van der Waals surface area contributed by atoms with E-state index >= 15 is 0 Å². The Hall–Kier alpha value is -2.57. The van der Waals surface area contributed by atoms with Gasteiger partial charge in [0, 0.05) is 24.7 Å². The van der Waals surface area contributed by atoms with Gasteiger partial charge in [-0.25, -0.2) is 4.79 Å². The molecule has 2 unspecified atom stereocenters. The van der Waals surface area contributed by atoms with Crippen LogP contribution in [0.4, 0.5) is 10.5 Å². The lowest BCUT2D eigenvalue weighted by Gasteiger charge is -2.39. The standard InChI is InChI=1S/C22H30N4O3/c27-20-12-11-18(24-20)15-6-4-7-16(14-15)23-22(29)25-19-10-5-13-26(21(19)28)17-8-2-1-3-9-17/h4,6-7,14,17-19H,1-3,5,8-13H2,(H,24,27)(H2,23,25,29). The van der Waals surface area contributed by atoms with E-state index in [9.17, 15) is 14.4 Å². The molecule has 156 valence electrons. The fourth-order valence-corrected chi connectivity index (χ4v) is 4.81. The Morgan fingerprint density at radius 2 is 1.86 bits per heavy atom. The minimum absolute atomic E-state index is 0.00344. The summed E-state index contributed by atoms with van der Waals surface area (Å²) in [5.41, 5.74) is 1.64. The second kappa shape index (κ2) is 8.84. The third-order valence-electron chi connectivity index (χ3n) is 6.34. The maximum absolute atomic E-state index is 12.9. The van der Waals surface area contributed by atoms with Gasteiger partial charge in [-0.1, -0.05) is 31.4 Å². The van der Waals surface area contributed by atoms with Gasteiger partial charge in [-0.05, 0) is 49.8 Å². The number of benzene rings is 1. The second-order valence-electron chi connectivity index (χ2n) is 8.40. The van der Waals surface area contributed by atoms with Crippen molar-refractivity contribution in [2.45, 2.75) is 75.9 Å². The zero-order valence-corrected chi connectivity index (χ0v) is 16.8. The van der Waals surface area contributed by atoms with Crippen molar-refractivity contribution in [3.8, 4) is 0 Å². The number of piperidine rings is 1. The zero-order valence-electron chi connectivity index (χ0n) is 16.8. The first-order valence-electron chi connectivity index (χ1n) is 10.9. The summed E-state index contributed by atoms with van der Waals surface area (Å²) in [5.74, 6) is 0.116. The van der Waals surface area contributed by atoms with Crippen LogP contribution in [0.5, 0.6) is 0 Å². The maximum Gasteiger partial charge on any atom is 0.319 e. The number of urea groups is 1. The van der Waals surface area contributed by atoms with E-state index in [0.29, 0.717) is 24.6 Å². The average molecular weight is 399 g/mol. The Balaban J connectivity index is 1.34. The summed E-state index contributed by atoms with van der Waals surface area (Å²) >= 11 is 0. The van der Waals surface area contributed by atoms with Gasteiger partial charge >= 0.3 is 6.03 Å². The van der Waals surface area contributed by atoms with Gasteiger partial charge in [-0.3, -0.25) is 9.59 Å². The molecule has 1 aromatic carbocycles. The molecule has 0 aromatic heterocycles. The highest BCUT2D eigenvalue weighted by Gasteiger charge is 2.34. The van der Waals surface area contributed by atoms with E-state index in [2.05, 4.69) is 16.0 Å². The molecule has 0 spiro atoms. The van der Waals surface area contributed by atoms with Crippen molar-refractivity contribution in [3.05, 3.63) is 29.8 Å². The van der Waals surface area contributed by atoms with Crippen molar-refractivity contribution >= 4 is 23.5 Å². The molecule has 1 aliphatic carbocycles. The van der Waals surface area contributed by atoms with Gasteiger partial charge in [0.15, 0.2) is 0 Å². The third-order valence-corrected chi connectivity index (χ3v) is 6.34. The lowest BCUT2D eigenvalue weighted by Crippen LogP contribution is -2.56. The molecule has 3 N–H and O–H groups in total. The van der Waals surface area contributed by atoms with Crippen LogP contribution in [0.3, 0.4) is 0 Å². The van der Waals surface area contributed by atoms with E-state index in [1.54, 1.807) is 0 Å². The molecular formula is C22H30N4O3. The molecular weight excluding hydrogens is 368 g/mol. The Kier molecular flexibility index (Phi) is 6.02. The highest BCUT2D eigenvalue weighted by atomic mass is 16.2. The monoisotopic (exact) mass is 398 g/mol. The second-order valence-corrected chi connectivity index (χ2v) is 8.40. The fraction of sp³-hybridized carbons (Fsp3) is 0.591. The number of amides is 4. The summed E-state index contributed by atoms with van der Waals surface area (Å²) in [6, 6.07) is 7.03. The van der Waals surface area contributed by atoms with E-state index in [4.69, 9.17) is 0 Å². The molecule has 0 radical (unpaired) electrons. The van der Waals surface area contributed by atoms with E-state index in [-0.39, 0.29) is 23.9 Å². The molecule has 29 heavy (non-hydrogen) atoms. The Morgan fingerprint density at radius 1 is 1.03 bits per heavy atom. The van der Waals surface area contributed by atoms with E-state index < -0.39 is 6.04 Å². The number of carbonyl (C=O) groups excluding carboxylic acids is 3. The van der Waals surface area contributed by atoms with Crippen molar-refractivity contribution in [2.24, 2.45) is 0 Å². The normalized spacial score (nSPS) is 25.6. The van der Waals surface area contributed by atoms with Gasteiger partial charge in [0.05, 0.1) is 6.04 Å². The molecule has 0 bridgehead atoms. The van der Waals surface area contributed by atoms with Crippen LogP contribution in [-0.4, -0.2) is 41.4 Å². The van der Waals surface area contributed by atoms with Crippen LogP contribution in [0.15, 0.2) is 24.3 Å². The quantitative estimate of drug-likeness (QED) is 0.728. The number of nitrogens with zero attached hydrogens (tertiary/aromatic N) is 1. The smallest absolute Gasteiger partial charge is 0.319 e. The van der Waals surface area contributed by atoms with E-state index in [1.165, 1.54) is 19.3 Å². The number of carbonyl (C=O) groups is 3. The van der Waals surface area contributed by atoms with Crippen LogP contribution >= 0.6 is 0 Å². The fourth-order valence-electron chi connectivity index (χ4n) is 4.81. The van der Waals surface area contributed by atoms with Crippen LogP contribution < -0.4 is 16.0 Å². The lowest BCUT2D eigenvalue weighted by atomic mass is 9.91. The van der Waals surface area contributed by atoms with Gasteiger partial charge in [-0.15, -0.1) is 0 Å². The first kappa shape index (κ1) is 19.7. The van der Waals surface area contributed by atoms with Crippen molar-refractivity contribution in [3.63, 3.8) is 0 Å². The Morgan fingerprint density at radius 3 is 2.62 bits per heavy atom. The third kappa shape index (κ3) is 4.71. The Labute approximate surface area is 171 Å². The van der Waals surface area contributed by atoms with E-state index in [0.717, 1.165) is 37.8 Å². The molecule has 2 aliphatic heterocycles. The molecule has 2 heterocycles. The number of rotatable bonds is 4. The van der Waals surface area contributed by atoms with Crippen molar-refractivity contribution < 1.29 is 14.4 Å². The predicted molar refractivity (Wildman–Crippen MR) is 110 cm³/mol. The molecule has 7 nitrogen and oxygen atoms in total. The van der Waals surface area contributed by atoms with Gasteiger partial charge in [0.25, 0.3) is 0 Å². The summed E-state index contributed by atoms with van der Waals surface area (Å²) in [5, 5.41) is 8.66. The number of likely N-dealkylation sites (tertiary alicyclic amines) is 1. The van der Waals surface area contributed by atoms with Gasteiger partial charge < -0.3 is 20.9 Å². The van der Waals surface area contributed by atoms with Crippen LogP contribution in [0, 0.1) is 0 Å². The minimum atomic E-state index is -0.456. The average Bonchev–Trinajstić information content (AvgIpc) is 3.17. The Bertz CT molecular complexity index is 775. The minimum Gasteiger partial charge on any atom is -0.349 e. The predicted octanol–water partition coefficient (Wildman–Crippen LogP) is 3.08. The molecule has 4 rings (SSSR count). The number of nitrogens with one attached hydrogen (secondary N) is 3. The molecule has 1 aromatic rings. The van der Waals surface area contributed by atoms with Crippen LogP contribution in [-0.2, 0) is 9.59 Å². The molecule has 3 aliphatic rings. The summed E-state index contributed by atoms with van der Waals surface area (Å²) in [6.45, 7) is 0.804. The summed E-state index contributed by atoms with van der Waals surface area (Å²) in [7, 11) is 0. The molecule has 4 amide bonds. The summed E-state index contributed by atoms with van der Waals surface area (Å²) < 4.78 is 0. The van der Waals surface area contributed by atoms with Crippen molar-refractivity contribution in [1.82, 2.24) is 15.5 Å². The molecule has 7 heteroatoms. The highest BCUT2D eigenvalue weighted by molar-refractivity contribution is 5.94. The van der Waals surface area contributed by atoms with Gasteiger partial charge in [-0.2, -0.15) is 0 Å². The van der Waals surface area contributed by atoms with Crippen LogP contribution in [0.1, 0.15) is 69.4 Å². The molecule has 3 fully saturated rings. The van der Waals surface area contributed by atoms with Gasteiger partial charge in [0.2, 0.25) is 11.8 Å². The van der Waals surface area contributed by atoms with Crippen LogP contribution in [0.25, 0.3) is 0 Å². The summed E-state index contributed by atoms with van der Waals surface area (Å²) in [4.78, 5) is 38.9. The first-order chi connectivity index (χ1) is 14.1. The molecule has 2 saturated heterocycles. The van der Waals surface area contributed by atoms with E-state index in [1.807, 2.05) is 29.2 Å². The number of hydrogen-bond acceptors (Lipinski definition) is 3. The highest BCUT2D eigenvalue weighted by Crippen LogP contribution is 2.27. The maximum atomic E-state index is 12.9. The van der Waals surface area contributed by atoms with Crippen molar-refractivity contribution in [2.75, 3.05) is 11.9 Å². The molecule has 2 atom stereocenters. The largest absolute Gasteiger partial charge is 0.349 e. The molecule has 1 saturated carbocycles. The van der Waals surface area contributed by atoms with Crippen molar-refractivity contribution in [1.29, 1.82) is 0 Å². The first-order valence-corrected chi connectivity index (χ1v) is 10.9. The topological polar surface area (TPSA) is 90.5 Å².